The summed E-state index contributed by atoms with van der Waals surface area (Å²) in [6.45, 7) is 15.4. The minimum atomic E-state index is -4.04. The quantitative estimate of drug-likeness (QED) is 0.110. The monoisotopic (exact) mass is 504 g/mol. The number of rotatable bonds is 20. The van der Waals surface area contributed by atoms with Gasteiger partial charge in [0, 0.05) is 12.6 Å². The lowest BCUT2D eigenvalue weighted by atomic mass is 9.96. The molecule has 1 N–H and O–H groups in total. The van der Waals surface area contributed by atoms with Crippen molar-refractivity contribution in [3.8, 4) is 0 Å². The fourth-order valence-corrected chi connectivity index (χ4v) is 5.52. The lowest BCUT2D eigenvalue weighted by Gasteiger charge is -2.39. The standard InChI is InChI=1S/C20H44N.C8H17NO3S/c1-5-9-13-17-21(18-14-10-6-2,19-15-11-7-3)20-16-12-8-4;10-13(11,12)7-6-9-8-4-2-1-3-5-8/h5-20H2,1-4H3;8-9H,1-7H2,(H,10,11,12)/q+1;/p-1. The molecule has 0 amide bonds. The molecule has 0 aromatic rings. The van der Waals surface area contributed by atoms with Crippen molar-refractivity contribution in [3.63, 3.8) is 0 Å². The fraction of sp³-hybridized carbons (Fsp3) is 1.00. The van der Waals surface area contributed by atoms with E-state index in [1.165, 1.54) is 127 Å². The third-order valence-electron chi connectivity index (χ3n) is 7.33. The van der Waals surface area contributed by atoms with Gasteiger partial charge in [-0.05, 0) is 64.2 Å². The molecule has 0 heterocycles. The van der Waals surface area contributed by atoms with E-state index in [9.17, 15) is 13.0 Å². The average Bonchev–Trinajstić information content (AvgIpc) is 2.80. The topological polar surface area (TPSA) is 69.2 Å². The van der Waals surface area contributed by atoms with Gasteiger partial charge in [0.15, 0.2) is 0 Å². The first kappa shape index (κ1) is 33.8. The van der Waals surface area contributed by atoms with Crippen molar-refractivity contribution in [1.82, 2.24) is 5.32 Å². The van der Waals surface area contributed by atoms with Gasteiger partial charge in [-0.25, -0.2) is 8.42 Å². The zero-order valence-electron chi connectivity index (χ0n) is 23.4. The Morgan fingerprint density at radius 1 is 0.676 bits per heavy atom. The maximum absolute atomic E-state index is 10.3. The van der Waals surface area contributed by atoms with Crippen LogP contribution in [0.3, 0.4) is 0 Å². The zero-order chi connectivity index (χ0) is 25.5. The molecule has 0 bridgehead atoms. The fourth-order valence-electron chi connectivity index (χ4n) is 5.15. The summed E-state index contributed by atoms with van der Waals surface area (Å²) in [5.74, 6) is -0.288. The molecule has 0 radical (unpaired) electrons. The highest BCUT2D eigenvalue weighted by molar-refractivity contribution is 7.85. The van der Waals surface area contributed by atoms with Crippen LogP contribution in [-0.4, -0.2) is 62.0 Å². The summed E-state index contributed by atoms with van der Waals surface area (Å²) in [6.07, 6.45) is 22.8. The maximum Gasteiger partial charge on any atom is 0.0958 e. The van der Waals surface area contributed by atoms with Gasteiger partial charge >= 0.3 is 0 Å². The molecule has 1 saturated carbocycles. The molecule has 0 atom stereocenters. The Kier molecular flexibility index (Phi) is 21.9. The lowest BCUT2D eigenvalue weighted by Crippen LogP contribution is -2.50. The Balaban J connectivity index is 0.000000712. The number of nitrogens with one attached hydrogen (secondary N) is 1. The van der Waals surface area contributed by atoms with E-state index < -0.39 is 10.1 Å². The first-order valence-corrected chi connectivity index (χ1v) is 16.4. The van der Waals surface area contributed by atoms with Crippen LogP contribution in [0.5, 0.6) is 0 Å². The lowest BCUT2D eigenvalue weighted by molar-refractivity contribution is -0.929. The highest BCUT2D eigenvalue weighted by atomic mass is 32.2. The maximum atomic E-state index is 10.3. The van der Waals surface area contributed by atoms with Crippen molar-refractivity contribution >= 4 is 10.1 Å². The zero-order valence-corrected chi connectivity index (χ0v) is 24.2. The summed E-state index contributed by atoms with van der Waals surface area (Å²) in [6, 6.07) is 0.426. The normalized spacial score (nSPS) is 15.2. The van der Waals surface area contributed by atoms with Crippen molar-refractivity contribution in [3.05, 3.63) is 0 Å². The van der Waals surface area contributed by atoms with E-state index in [0.29, 0.717) is 12.6 Å². The number of hydrogen-bond acceptors (Lipinski definition) is 4. The van der Waals surface area contributed by atoms with Crippen LogP contribution in [0, 0.1) is 0 Å². The minimum Gasteiger partial charge on any atom is -0.748 e. The number of hydrogen-bond donors (Lipinski definition) is 1. The molecule has 0 saturated heterocycles. The van der Waals surface area contributed by atoms with Crippen LogP contribution in [0.4, 0.5) is 0 Å². The molecule has 1 fully saturated rings. The van der Waals surface area contributed by atoms with Gasteiger partial charge in [0.2, 0.25) is 0 Å². The van der Waals surface area contributed by atoms with Crippen molar-refractivity contribution in [2.45, 2.75) is 143 Å². The van der Waals surface area contributed by atoms with Crippen LogP contribution < -0.4 is 5.32 Å². The van der Waals surface area contributed by atoms with Gasteiger partial charge in [0.1, 0.15) is 0 Å². The number of nitrogens with zero attached hydrogens (tertiary/aromatic N) is 1. The van der Waals surface area contributed by atoms with Crippen molar-refractivity contribution in [1.29, 1.82) is 0 Å². The van der Waals surface area contributed by atoms with Crippen molar-refractivity contribution in [2.75, 3.05) is 38.5 Å². The van der Waals surface area contributed by atoms with Gasteiger partial charge in [-0.15, -0.1) is 0 Å². The first-order valence-electron chi connectivity index (χ1n) is 14.8. The van der Waals surface area contributed by atoms with Gasteiger partial charge in [-0.3, -0.25) is 0 Å². The van der Waals surface area contributed by atoms with E-state index in [1.54, 1.807) is 0 Å². The molecule has 206 valence electrons. The highest BCUT2D eigenvalue weighted by Crippen LogP contribution is 2.19. The van der Waals surface area contributed by atoms with E-state index in [-0.39, 0.29) is 5.75 Å². The Morgan fingerprint density at radius 3 is 1.38 bits per heavy atom. The smallest absolute Gasteiger partial charge is 0.0958 e. The molecule has 1 aliphatic rings. The van der Waals surface area contributed by atoms with Gasteiger partial charge in [0.25, 0.3) is 0 Å². The second kappa shape index (κ2) is 22.1. The third kappa shape index (κ3) is 20.1. The molecule has 6 heteroatoms. The van der Waals surface area contributed by atoms with Crippen LogP contribution in [0.2, 0.25) is 0 Å². The Morgan fingerprint density at radius 2 is 1.06 bits per heavy atom. The Hall–Kier alpha value is -0.170. The molecular formula is C28H60N2O3S. The van der Waals surface area contributed by atoms with Gasteiger partial charge in [-0.1, -0.05) is 72.6 Å². The number of unbranched alkanes of at least 4 members (excludes halogenated alkanes) is 8. The second-order valence-electron chi connectivity index (χ2n) is 10.6. The molecule has 1 rings (SSSR count). The summed E-state index contributed by atoms with van der Waals surface area (Å²) < 4.78 is 32.3. The number of quaternary nitrogens is 1. The van der Waals surface area contributed by atoms with Crippen LogP contribution in [0.25, 0.3) is 0 Å². The van der Waals surface area contributed by atoms with E-state index in [0.717, 1.165) is 12.8 Å². The molecule has 0 aliphatic heterocycles. The van der Waals surface area contributed by atoms with Crippen molar-refractivity contribution < 1.29 is 17.5 Å². The summed E-state index contributed by atoms with van der Waals surface area (Å²) in [5.41, 5.74) is 0. The molecule has 5 nitrogen and oxygen atoms in total. The van der Waals surface area contributed by atoms with Gasteiger partial charge < -0.3 is 14.4 Å². The van der Waals surface area contributed by atoms with E-state index in [2.05, 4.69) is 33.0 Å². The van der Waals surface area contributed by atoms with Crippen LogP contribution in [0.1, 0.15) is 137 Å². The Bertz CT molecular complexity index is 488. The average molecular weight is 505 g/mol. The third-order valence-corrected chi connectivity index (χ3v) is 8.04. The largest absolute Gasteiger partial charge is 0.748 e. The summed E-state index contributed by atoms with van der Waals surface area (Å²) in [7, 11) is -4.04. The van der Waals surface area contributed by atoms with E-state index in [4.69, 9.17) is 0 Å². The first-order chi connectivity index (χ1) is 16.3. The van der Waals surface area contributed by atoms with Gasteiger partial charge in [0.05, 0.1) is 42.1 Å². The van der Waals surface area contributed by atoms with E-state index >= 15 is 0 Å². The predicted octanol–water partition coefficient (Wildman–Crippen LogP) is 7.02. The molecular weight excluding hydrogens is 444 g/mol. The molecule has 0 aromatic heterocycles. The molecule has 34 heavy (non-hydrogen) atoms. The molecule has 0 unspecified atom stereocenters. The van der Waals surface area contributed by atoms with Gasteiger partial charge in [-0.2, -0.15) is 0 Å². The van der Waals surface area contributed by atoms with E-state index in [1.807, 2.05) is 0 Å². The van der Waals surface area contributed by atoms with Crippen LogP contribution in [0.15, 0.2) is 0 Å². The molecule has 0 aromatic carbocycles. The predicted molar refractivity (Wildman–Crippen MR) is 147 cm³/mol. The Labute approximate surface area is 214 Å². The summed E-state index contributed by atoms with van der Waals surface area (Å²) >= 11 is 0. The highest BCUT2D eigenvalue weighted by Gasteiger charge is 2.25. The second-order valence-corrected chi connectivity index (χ2v) is 12.1. The molecule has 1 aliphatic carbocycles. The summed E-state index contributed by atoms with van der Waals surface area (Å²) in [5, 5.41) is 3.10. The molecule has 0 spiro atoms. The SMILES string of the molecule is CCCCC[N+](CCCCC)(CCCCC)CCCCC.O=S(=O)([O-])CCNC1CCCCC1. The summed E-state index contributed by atoms with van der Waals surface area (Å²) in [4.78, 5) is 0. The minimum absolute atomic E-state index is 0.288. The van der Waals surface area contributed by atoms with Crippen LogP contribution in [-0.2, 0) is 10.1 Å². The van der Waals surface area contributed by atoms with Crippen molar-refractivity contribution in [2.24, 2.45) is 0 Å². The van der Waals surface area contributed by atoms with Crippen LogP contribution >= 0.6 is 0 Å².